The molecule has 0 saturated carbocycles. The number of hydrogen-bond acceptors (Lipinski definition) is 4. The molecule has 3 aromatic carbocycles. The number of ether oxygens (including phenoxy) is 1. The van der Waals surface area contributed by atoms with Crippen molar-refractivity contribution >= 4 is 30.1 Å². The summed E-state index contributed by atoms with van der Waals surface area (Å²) in [7, 11) is -0.678. The van der Waals surface area contributed by atoms with Crippen LogP contribution >= 0.6 is 0 Å². The molecule has 1 fully saturated rings. The Kier molecular flexibility index (Phi) is 6.78. The third-order valence-electron chi connectivity index (χ3n) is 6.45. The maximum atomic E-state index is 14.3. The Morgan fingerprint density at radius 3 is 2.24 bits per heavy atom. The van der Waals surface area contributed by atoms with Crippen molar-refractivity contribution in [3.05, 3.63) is 89.1 Å². The van der Waals surface area contributed by atoms with E-state index in [0.717, 1.165) is 16.5 Å². The highest BCUT2D eigenvalue weighted by molar-refractivity contribution is 6.56. The lowest BCUT2D eigenvalue weighted by atomic mass is 9.76. The highest BCUT2D eigenvalue weighted by Gasteiger charge is 2.52. The first kappa shape index (κ1) is 24.0. The zero-order valence-corrected chi connectivity index (χ0v) is 19.9. The molecule has 1 aliphatic heterocycles. The van der Waals surface area contributed by atoms with Crippen LogP contribution < -0.4 is 5.32 Å². The lowest BCUT2D eigenvalue weighted by Crippen LogP contribution is -2.41. The molecule has 1 saturated heterocycles. The zero-order chi connectivity index (χ0) is 24.3. The molecule has 0 aliphatic carbocycles. The average Bonchev–Trinajstić information content (AvgIpc) is 3.04. The summed E-state index contributed by atoms with van der Waals surface area (Å²) < 4.78 is 32.2. The largest absolute Gasteiger partial charge is 0.492 e. The molecule has 1 heterocycles. The standard InChI is InChI=1S/C27H29BFNO4/c1-26(2)27(3,4)34-28(33-26)21(17-30-25(31)32-18-19-10-6-5-7-11-19)16-20-14-15-24(29)23-13-9-8-12-22(20)23/h5-16H,17-18H2,1-4H3,(H,30,31). The Hall–Kier alpha value is -3.16. The Morgan fingerprint density at radius 1 is 0.941 bits per heavy atom. The monoisotopic (exact) mass is 461 g/mol. The Balaban J connectivity index is 1.58. The normalized spacial score (nSPS) is 17.1. The predicted molar refractivity (Wildman–Crippen MR) is 133 cm³/mol. The summed E-state index contributed by atoms with van der Waals surface area (Å²) in [6.07, 6.45) is 1.34. The lowest BCUT2D eigenvalue weighted by molar-refractivity contribution is 0.00578. The van der Waals surface area contributed by atoms with Gasteiger partial charge in [0.25, 0.3) is 0 Å². The van der Waals surface area contributed by atoms with Crippen LogP contribution in [0.5, 0.6) is 0 Å². The summed E-state index contributed by atoms with van der Waals surface area (Å²) in [5.74, 6) is -0.285. The molecule has 0 radical (unpaired) electrons. The zero-order valence-electron chi connectivity index (χ0n) is 19.9. The van der Waals surface area contributed by atoms with Crippen molar-refractivity contribution in [2.75, 3.05) is 6.54 Å². The summed E-state index contributed by atoms with van der Waals surface area (Å²) in [5, 5.41) is 4.10. The number of carbonyl (C=O) groups is 1. The minimum absolute atomic E-state index is 0.149. The first-order chi connectivity index (χ1) is 16.2. The van der Waals surface area contributed by atoms with Gasteiger partial charge in [-0.05, 0) is 55.7 Å². The van der Waals surface area contributed by atoms with Crippen LogP contribution in [0, 0.1) is 5.82 Å². The van der Waals surface area contributed by atoms with Gasteiger partial charge in [-0.3, -0.25) is 0 Å². The van der Waals surface area contributed by atoms with E-state index < -0.39 is 24.4 Å². The molecule has 1 amide bonds. The highest BCUT2D eigenvalue weighted by Crippen LogP contribution is 2.39. The number of alkyl carbamates (subject to hydrolysis) is 1. The van der Waals surface area contributed by atoms with Gasteiger partial charge in [-0.2, -0.15) is 0 Å². The highest BCUT2D eigenvalue weighted by atomic mass is 19.1. The summed E-state index contributed by atoms with van der Waals surface area (Å²) >= 11 is 0. The van der Waals surface area contributed by atoms with Gasteiger partial charge in [-0.1, -0.05) is 66.7 Å². The molecule has 34 heavy (non-hydrogen) atoms. The molecule has 0 aromatic heterocycles. The van der Waals surface area contributed by atoms with E-state index in [4.69, 9.17) is 14.0 Å². The Bertz CT molecular complexity index is 1190. The van der Waals surface area contributed by atoms with Crippen LogP contribution in [0.25, 0.3) is 16.8 Å². The van der Waals surface area contributed by atoms with Gasteiger partial charge >= 0.3 is 13.2 Å². The van der Waals surface area contributed by atoms with Crippen LogP contribution in [0.4, 0.5) is 9.18 Å². The van der Waals surface area contributed by atoms with Gasteiger partial charge in [0, 0.05) is 11.9 Å². The van der Waals surface area contributed by atoms with Crippen molar-refractivity contribution in [3.63, 3.8) is 0 Å². The maximum absolute atomic E-state index is 14.3. The molecule has 7 heteroatoms. The number of hydrogen-bond donors (Lipinski definition) is 1. The Morgan fingerprint density at radius 2 is 1.56 bits per heavy atom. The fourth-order valence-corrected chi connectivity index (χ4v) is 3.76. The van der Waals surface area contributed by atoms with Crippen LogP contribution in [0.3, 0.4) is 0 Å². The number of fused-ring (bicyclic) bond motifs is 1. The SMILES string of the molecule is CC1(C)OB(C(=Cc2ccc(F)c3ccccc23)CNC(=O)OCc2ccccc2)OC1(C)C. The van der Waals surface area contributed by atoms with Gasteiger partial charge in [0.1, 0.15) is 12.4 Å². The van der Waals surface area contributed by atoms with Gasteiger partial charge in [-0.15, -0.1) is 0 Å². The second kappa shape index (κ2) is 9.61. The van der Waals surface area contributed by atoms with Crippen LogP contribution in [0.2, 0.25) is 0 Å². The fourth-order valence-electron chi connectivity index (χ4n) is 3.76. The molecule has 0 atom stereocenters. The van der Waals surface area contributed by atoms with Crippen molar-refractivity contribution in [1.29, 1.82) is 0 Å². The second-order valence-corrected chi connectivity index (χ2v) is 9.40. The molecule has 1 aliphatic rings. The minimum atomic E-state index is -0.678. The van der Waals surface area contributed by atoms with Gasteiger partial charge < -0.3 is 19.4 Å². The molecule has 1 N–H and O–H groups in total. The first-order valence-corrected chi connectivity index (χ1v) is 11.3. The molecular formula is C27H29BFNO4. The number of rotatable bonds is 6. The van der Waals surface area contributed by atoms with Crippen molar-refractivity contribution in [3.8, 4) is 0 Å². The van der Waals surface area contributed by atoms with E-state index in [-0.39, 0.29) is 19.0 Å². The third-order valence-corrected chi connectivity index (χ3v) is 6.45. The van der Waals surface area contributed by atoms with Gasteiger partial charge in [-0.25, -0.2) is 9.18 Å². The van der Waals surface area contributed by atoms with Crippen molar-refractivity contribution in [2.24, 2.45) is 0 Å². The topological polar surface area (TPSA) is 56.8 Å². The van der Waals surface area contributed by atoms with Gasteiger partial charge in [0.05, 0.1) is 11.2 Å². The summed E-state index contributed by atoms with van der Waals surface area (Å²) in [6.45, 7) is 8.21. The minimum Gasteiger partial charge on any atom is -0.445 e. The predicted octanol–water partition coefficient (Wildman–Crippen LogP) is 5.92. The number of halogens is 1. The summed E-state index contributed by atoms with van der Waals surface area (Å²) in [5.41, 5.74) is 1.32. The van der Waals surface area contributed by atoms with E-state index in [1.54, 1.807) is 18.2 Å². The number of carbonyl (C=O) groups excluding carboxylic acids is 1. The molecule has 5 nitrogen and oxygen atoms in total. The van der Waals surface area contributed by atoms with Crippen molar-refractivity contribution in [1.82, 2.24) is 5.32 Å². The second-order valence-electron chi connectivity index (χ2n) is 9.40. The number of benzene rings is 3. The number of amides is 1. The molecule has 176 valence electrons. The molecule has 4 rings (SSSR count). The molecule has 3 aromatic rings. The van der Waals surface area contributed by atoms with E-state index in [1.807, 2.05) is 76.2 Å². The molecular weight excluding hydrogens is 432 g/mol. The third kappa shape index (κ3) is 5.16. The molecule has 0 spiro atoms. The van der Waals surface area contributed by atoms with E-state index in [2.05, 4.69) is 5.32 Å². The van der Waals surface area contributed by atoms with Crippen LogP contribution in [-0.4, -0.2) is 31.0 Å². The number of nitrogens with one attached hydrogen (secondary N) is 1. The lowest BCUT2D eigenvalue weighted by Gasteiger charge is -2.32. The van der Waals surface area contributed by atoms with Crippen LogP contribution in [-0.2, 0) is 20.7 Å². The van der Waals surface area contributed by atoms with Crippen molar-refractivity contribution < 1.29 is 23.2 Å². The van der Waals surface area contributed by atoms with E-state index >= 15 is 0 Å². The fraction of sp³-hybridized carbons (Fsp3) is 0.296. The van der Waals surface area contributed by atoms with E-state index in [1.165, 1.54) is 6.07 Å². The summed E-state index contributed by atoms with van der Waals surface area (Å²) in [4.78, 5) is 12.4. The van der Waals surface area contributed by atoms with Gasteiger partial charge in [0.2, 0.25) is 0 Å². The summed E-state index contributed by atoms with van der Waals surface area (Å²) in [6, 6.07) is 19.9. The van der Waals surface area contributed by atoms with Crippen molar-refractivity contribution in [2.45, 2.75) is 45.5 Å². The first-order valence-electron chi connectivity index (χ1n) is 11.3. The van der Waals surface area contributed by atoms with Crippen LogP contribution in [0.15, 0.2) is 72.2 Å². The molecule has 0 bridgehead atoms. The van der Waals surface area contributed by atoms with E-state index in [0.29, 0.717) is 10.9 Å². The van der Waals surface area contributed by atoms with Crippen LogP contribution in [0.1, 0.15) is 38.8 Å². The quantitative estimate of drug-likeness (QED) is 0.463. The smallest absolute Gasteiger partial charge is 0.445 e. The average molecular weight is 461 g/mol. The Labute approximate surface area is 200 Å². The molecule has 0 unspecified atom stereocenters. The maximum Gasteiger partial charge on any atom is 0.492 e. The van der Waals surface area contributed by atoms with E-state index in [9.17, 15) is 9.18 Å². The van der Waals surface area contributed by atoms with Gasteiger partial charge in [0.15, 0.2) is 0 Å².